The first-order valence-electron chi connectivity index (χ1n) is 9.14. The Hall–Kier alpha value is -1.30. The quantitative estimate of drug-likeness (QED) is 0.787. The first-order valence-corrected chi connectivity index (χ1v) is 9.90. The summed E-state index contributed by atoms with van der Waals surface area (Å²) >= 11 is 12.1. The maximum absolute atomic E-state index is 12.8. The topological polar surface area (TPSA) is 49.9 Å². The van der Waals surface area contributed by atoms with Crippen molar-refractivity contribution in [2.24, 2.45) is 17.8 Å². The second-order valence-corrected chi connectivity index (χ2v) is 8.36. The third-order valence-corrected chi connectivity index (χ3v) is 6.22. The van der Waals surface area contributed by atoms with Gasteiger partial charge in [-0.05, 0) is 42.9 Å². The van der Waals surface area contributed by atoms with Crippen molar-refractivity contribution in [3.05, 3.63) is 28.2 Å². The molecule has 0 spiro atoms. The standard InChI is InChI=1S/C19H22Cl2N2O3/c20-15-6-16(21)8-17(7-15)23-11-13(5-18(23)24)19(25)22-9-14(10-22)12-1-3-26-4-2-12/h6-8,12-14H,1-5,9-11H2. The average Bonchev–Trinajstić information content (AvgIpc) is 2.95. The SMILES string of the molecule is O=C(C1CC(=O)N(c2cc(Cl)cc(Cl)c2)C1)N1CC(C2CCOCC2)C1. The van der Waals surface area contributed by atoms with Crippen molar-refractivity contribution in [2.75, 3.05) is 37.7 Å². The van der Waals surface area contributed by atoms with E-state index in [0.717, 1.165) is 39.1 Å². The molecule has 3 heterocycles. The molecular formula is C19H22Cl2N2O3. The normalized spacial score (nSPS) is 24.8. The summed E-state index contributed by atoms with van der Waals surface area (Å²) in [6, 6.07) is 5.05. The van der Waals surface area contributed by atoms with Gasteiger partial charge in [-0.15, -0.1) is 0 Å². The molecule has 26 heavy (non-hydrogen) atoms. The van der Waals surface area contributed by atoms with Gasteiger partial charge in [0.15, 0.2) is 0 Å². The lowest BCUT2D eigenvalue weighted by Crippen LogP contribution is -2.55. The van der Waals surface area contributed by atoms with Gasteiger partial charge in [0.25, 0.3) is 0 Å². The zero-order valence-electron chi connectivity index (χ0n) is 14.5. The molecule has 0 radical (unpaired) electrons. The van der Waals surface area contributed by atoms with Gasteiger partial charge in [0.05, 0.1) is 5.92 Å². The van der Waals surface area contributed by atoms with E-state index in [1.807, 2.05) is 4.90 Å². The van der Waals surface area contributed by atoms with Crippen LogP contribution in [-0.4, -0.2) is 49.6 Å². The highest BCUT2D eigenvalue weighted by atomic mass is 35.5. The fraction of sp³-hybridized carbons (Fsp3) is 0.579. The maximum Gasteiger partial charge on any atom is 0.228 e. The van der Waals surface area contributed by atoms with E-state index in [1.165, 1.54) is 0 Å². The molecule has 0 saturated carbocycles. The second kappa shape index (κ2) is 7.37. The number of nitrogens with zero attached hydrogens (tertiary/aromatic N) is 2. The van der Waals surface area contributed by atoms with Crippen molar-refractivity contribution in [1.29, 1.82) is 0 Å². The molecule has 1 unspecified atom stereocenters. The number of hydrogen-bond donors (Lipinski definition) is 0. The van der Waals surface area contributed by atoms with E-state index in [4.69, 9.17) is 27.9 Å². The molecule has 3 saturated heterocycles. The van der Waals surface area contributed by atoms with Gasteiger partial charge in [0.2, 0.25) is 11.8 Å². The molecule has 3 aliphatic heterocycles. The van der Waals surface area contributed by atoms with Crippen molar-refractivity contribution in [2.45, 2.75) is 19.3 Å². The highest BCUT2D eigenvalue weighted by Gasteiger charge is 2.42. The monoisotopic (exact) mass is 396 g/mol. The van der Waals surface area contributed by atoms with Gasteiger partial charge in [-0.25, -0.2) is 0 Å². The Balaban J connectivity index is 1.36. The molecule has 2 amide bonds. The molecule has 1 aromatic carbocycles. The molecule has 1 atom stereocenters. The third kappa shape index (κ3) is 3.57. The lowest BCUT2D eigenvalue weighted by Gasteiger charge is -2.45. The van der Waals surface area contributed by atoms with Crippen LogP contribution in [0.4, 0.5) is 5.69 Å². The second-order valence-electron chi connectivity index (χ2n) is 7.49. The number of anilines is 1. The summed E-state index contributed by atoms with van der Waals surface area (Å²) in [7, 11) is 0. The lowest BCUT2D eigenvalue weighted by molar-refractivity contribution is -0.144. The summed E-state index contributed by atoms with van der Waals surface area (Å²) in [6.07, 6.45) is 2.44. The number of carbonyl (C=O) groups is 2. The number of likely N-dealkylation sites (tertiary alicyclic amines) is 1. The van der Waals surface area contributed by atoms with Crippen LogP contribution >= 0.6 is 23.2 Å². The molecular weight excluding hydrogens is 375 g/mol. The summed E-state index contributed by atoms with van der Waals surface area (Å²) in [6.45, 7) is 3.70. The van der Waals surface area contributed by atoms with Crippen LogP contribution in [0.15, 0.2) is 18.2 Å². The molecule has 4 rings (SSSR count). The average molecular weight is 397 g/mol. The van der Waals surface area contributed by atoms with Crippen molar-refractivity contribution in [1.82, 2.24) is 4.90 Å². The van der Waals surface area contributed by atoms with Crippen LogP contribution in [0.3, 0.4) is 0 Å². The molecule has 0 bridgehead atoms. The fourth-order valence-corrected chi connectivity index (χ4v) is 4.77. The van der Waals surface area contributed by atoms with E-state index in [-0.39, 0.29) is 24.2 Å². The molecule has 0 N–H and O–H groups in total. The lowest BCUT2D eigenvalue weighted by atomic mass is 9.80. The maximum atomic E-state index is 12.8. The Morgan fingerprint density at radius 3 is 2.31 bits per heavy atom. The summed E-state index contributed by atoms with van der Waals surface area (Å²) < 4.78 is 5.41. The highest BCUT2D eigenvalue weighted by Crippen LogP contribution is 2.35. The van der Waals surface area contributed by atoms with Crippen molar-refractivity contribution in [3.8, 4) is 0 Å². The van der Waals surface area contributed by atoms with Crippen molar-refractivity contribution in [3.63, 3.8) is 0 Å². The first kappa shape index (κ1) is 18.1. The van der Waals surface area contributed by atoms with Gasteiger partial charge in [0, 0.05) is 55.0 Å². The molecule has 3 aliphatic rings. The van der Waals surface area contributed by atoms with E-state index in [9.17, 15) is 9.59 Å². The summed E-state index contributed by atoms with van der Waals surface area (Å²) in [5, 5.41) is 0.967. The Morgan fingerprint density at radius 1 is 1.00 bits per heavy atom. The fourth-order valence-electron chi connectivity index (χ4n) is 4.25. The molecule has 0 aromatic heterocycles. The zero-order chi connectivity index (χ0) is 18.3. The van der Waals surface area contributed by atoms with Crippen LogP contribution in [-0.2, 0) is 14.3 Å². The smallest absolute Gasteiger partial charge is 0.228 e. The zero-order valence-corrected chi connectivity index (χ0v) is 16.0. The number of rotatable bonds is 3. The minimum absolute atomic E-state index is 0.0526. The predicted octanol–water partition coefficient (Wildman–Crippen LogP) is 3.23. The van der Waals surface area contributed by atoms with Gasteiger partial charge >= 0.3 is 0 Å². The van der Waals surface area contributed by atoms with E-state index in [1.54, 1.807) is 23.1 Å². The highest BCUT2D eigenvalue weighted by molar-refractivity contribution is 6.35. The summed E-state index contributed by atoms with van der Waals surface area (Å²) in [5.74, 6) is 1.02. The van der Waals surface area contributed by atoms with Crippen LogP contribution in [0, 0.1) is 17.8 Å². The van der Waals surface area contributed by atoms with Crippen molar-refractivity contribution >= 4 is 40.7 Å². The molecule has 3 fully saturated rings. The molecule has 7 heteroatoms. The van der Waals surface area contributed by atoms with Crippen LogP contribution in [0.25, 0.3) is 0 Å². The number of carbonyl (C=O) groups excluding carboxylic acids is 2. The minimum Gasteiger partial charge on any atom is -0.381 e. The Morgan fingerprint density at radius 2 is 1.65 bits per heavy atom. The van der Waals surface area contributed by atoms with Gasteiger partial charge < -0.3 is 14.5 Å². The summed E-state index contributed by atoms with van der Waals surface area (Å²) in [5.41, 5.74) is 0.659. The van der Waals surface area contributed by atoms with Gasteiger partial charge in [0.1, 0.15) is 0 Å². The van der Waals surface area contributed by atoms with E-state index in [2.05, 4.69) is 0 Å². The van der Waals surface area contributed by atoms with Crippen LogP contribution in [0.5, 0.6) is 0 Å². The molecule has 1 aromatic rings. The van der Waals surface area contributed by atoms with Gasteiger partial charge in [-0.2, -0.15) is 0 Å². The Bertz CT molecular complexity index is 694. The molecule has 0 aliphatic carbocycles. The van der Waals surface area contributed by atoms with Crippen LogP contribution < -0.4 is 4.90 Å². The summed E-state index contributed by atoms with van der Waals surface area (Å²) in [4.78, 5) is 28.7. The van der Waals surface area contributed by atoms with E-state index in [0.29, 0.717) is 34.1 Å². The number of ether oxygens (including phenoxy) is 1. The van der Waals surface area contributed by atoms with Crippen molar-refractivity contribution < 1.29 is 14.3 Å². The molecule has 140 valence electrons. The van der Waals surface area contributed by atoms with E-state index >= 15 is 0 Å². The largest absolute Gasteiger partial charge is 0.381 e. The number of halogens is 2. The Labute approximate surface area is 163 Å². The van der Waals surface area contributed by atoms with E-state index < -0.39 is 0 Å². The van der Waals surface area contributed by atoms with Crippen LogP contribution in [0.1, 0.15) is 19.3 Å². The third-order valence-electron chi connectivity index (χ3n) is 5.79. The predicted molar refractivity (Wildman–Crippen MR) is 101 cm³/mol. The molecule has 5 nitrogen and oxygen atoms in total. The van der Waals surface area contributed by atoms with Gasteiger partial charge in [-0.3, -0.25) is 9.59 Å². The Kier molecular flexibility index (Phi) is 5.13. The minimum atomic E-state index is -0.282. The first-order chi connectivity index (χ1) is 12.5. The number of benzene rings is 1. The number of amides is 2. The number of hydrogen-bond acceptors (Lipinski definition) is 3. The van der Waals surface area contributed by atoms with Crippen LogP contribution in [0.2, 0.25) is 10.0 Å². The van der Waals surface area contributed by atoms with Gasteiger partial charge in [-0.1, -0.05) is 23.2 Å².